The average Bonchev–Trinajstić information content (AvgIpc) is 2.37. The molecule has 3 atom stereocenters. The molecular weight excluding hydrogens is 230 g/mol. The van der Waals surface area contributed by atoms with E-state index in [1.807, 2.05) is 0 Å². The third-order valence-corrected chi connectivity index (χ3v) is 5.50. The Kier molecular flexibility index (Phi) is 3.93. The molecule has 2 aliphatic carbocycles. The van der Waals surface area contributed by atoms with Crippen molar-refractivity contribution in [2.45, 2.75) is 57.3 Å². The summed E-state index contributed by atoms with van der Waals surface area (Å²) in [6.07, 6.45) is 8.23. The van der Waals surface area contributed by atoms with Crippen LogP contribution in [0.3, 0.4) is 0 Å². The molecule has 1 heteroatoms. The van der Waals surface area contributed by atoms with Crippen LogP contribution < -0.4 is 5.73 Å². The fourth-order valence-corrected chi connectivity index (χ4v) is 4.05. The first-order valence-corrected chi connectivity index (χ1v) is 8.08. The summed E-state index contributed by atoms with van der Waals surface area (Å²) in [5.74, 6) is 3.12. The zero-order valence-electron chi connectivity index (χ0n) is 12.1. The molecule has 0 saturated heterocycles. The third kappa shape index (κ3) is 2.58. The molecule has 1 nitrogen and oxygen atoms in total. The molecule has 0 radical (unpaired) electrons. The van der Waals surface area contributed by atoms with Crippen LogP contribution >= 0.6 is 0 Å². The summed E-state index contributed by atoms with van der Waals surface area (Å²) in [4.78, 5) is 0. The first kappa shape index (κ1) is 13.2. The second kappa shape index (κ2) is 5.66. The number of benzene rings is 1. The number of rotatable bonds is 3. The van der Waals surface area contributed by atoms with Crippen LogP contribution in [-0.4, -0.2) is 6.54 Å². The number of hydrogen-bond acceptors (Lipinski definition) is 1. The van der Waals surface area contributed by atoms with E-state index in [4.69, 9.17) is 5.73 Å². The van der Waals surface area contributed by atoms with Gasteiger partial charge < -0.3 is 5.73 Å². The Morgan fingerprint density at radius 3 is 2.42 bits per heavy atom. The smallest absolute Gasteiger partial charge is 0.00430 e. The summed E-state index contributed by atoms with van der Waals surface area (Å²) >= 11 is 0. The summed E-state index contributed by atoms with van der Waals surface area (Å²) in [6, 6.07) is 9.22. The van der Waals surface area contributed by atoms with E-state index in [1.54, 1.807) is 11.1 Å². The largest absolute Gasteiger partial charge is 0.330 e. The van der Waals surface area contributed by atoms with E-state index in [0.717, 1.165) is 18.4 Å². The molecule has 0 aromatic heterocycles. The van der Waals surface area contributed by atoms with E-state index in [0.29, 0.717) is 11.8 Å². The molecule has 0 bridgehead atoms. The van der Waals surface area contributed by atoms with Gasteiger partial charge in [-0.2, -0.15) is 0 Å². The van der Waals surface area contributed by atoms with E-state index in [9.17, 15) is 0 Å². The predicted molar refractivity (Wildman–Crippen MR) is 81.3 cm³/mol. The Morgan fingerprint density at radius 1 is 1.05 bits per heavy atom. The van der Waals surface area contributed by atoms with Crippen LogP contribution in [0.4, 0.5) is 0 Å². The van der Waals surface area contributed by atoms with Gasteiger partial charge in [0.2, 0.25) is 0 Å². The molecule has 0 amide bonds. The average molecular weight is 257 g/mol. The lowest BCUT2D eigenvalue weighted by Crippen LogP contribution is -2.29. The minimum atomic E-state index is 0.706. The zero-order valence-corrected chi connectivity index (χ0v) is 12.1. The van der Waals surface area contributed by atoms with Gasteiger partial charge >= 0.3 is 0 Å². The maximum absolute atomic E-state index is 6.05. The molecule has 2 saturated carbocycles. The normalized spacial score (nSPS) is 32.0. The Morgan fingerprint density at radius 2 is 1.79 bits per heavy atom. The summed E-state index contributed by atoms with van der Waals surface area (Å²) in [6.45, 7) is 3.27. The lowest BCUT2D eigenvalue weighted by atomic mass is 9.68. The van der Waals surface area contributed by atoms with Gasteiger partial charge in [-0.15, -0.1) is 0 Å². The van der Waals surface area contributed by atoms with Gasteiger partial charge in [-0.25, -0.2) is 0 Å². The summed E-state index contributed by atoms with van der Waals surface area (Å²) in [7, 11) is 0. The van der Waals surface area contributed by atoms with Crippen LogP contribution in [0.15, 0.2) is 24.3 Å². The molecule has 3 rings (SSSR count). The van der Waals surface area contributed by atoms with Crippen LogP contribution in [0.25, 0.3) is 0 Å². The third-order valence-electron chi connectivity index (χ3n) is 5.50. The van der Waals surface area contributed by atoms with Crippen LogP contribution in [0.5, 0.6) is 0 Å². The van der Waals surface area contributed by atoms with Gasteiger partial charge in [0, 0.05) is 0 Å². The molecule has 1 aromatic carbocycles. The first-order chi connectivity index (χ1) is 9.29. The first-order valence-electron chi connectivity index (χ1n) is 8.08. The summed E-state index contributed by atoms with van der Waals surface area (Å²) < 4.78 is 0. The van der Waals surface area contributed by atoms with Crippen molar-refractivity contribution in [3.05, 3.63) is 35.4 Å². The fraction of sp³-hybridized carbons (Fsp3) is 0.667. The highest BCUT2D eigenvalue weighted by Gasteiger charge is 2.32. The minimum Gasteiger partial charge on any atom is -0.330 e. The van der Waals surface area contributed by atoms with Gasteiger partial charge in [0.25, 0.3) is 0 Å². The monoisotopic (exact) mass is 257 g/mol. The quantitative estimate of drug-likeness (QED) is 0.851. The van der Waals surface area contributed by atoms with Gasteiger partial charge in [0.15, 0.2) is 0 Å². The fourth-order valence-electron chi connectivity index (χ4n) is 4.05. The van der Waals surface area contributed by atoms with Crippen LogP contribution in [0.1, 0.15) is 68.4 Å². The standard InChI is InChI=1S/C18H27N/c1-13-9-10-15(12-19)18(11-13)17-8-3-2-7-16(17)14-5-4-6-14/h2-3,7-8,13-15,18H,4-6,9-12,19H2,1H3. The van der Waals surface area contributed by atoms with E-state index in [1.165, 1.54) is 38.5 Å². The second-order valence-electron chi connectivity index (χ2n) is 6.78. The molecule has 2 aliphatic rings. The zero-order chi connectivity index (χ0) is 13.2. The van der Waals surface area contributed by atoms with Crippen molar-refractivity contribution in [1.82, 2.24) is 0 Å². The molecule has 3 unspecified atom stereocenters. The Bertz CT molecular complexity index is 421. The van der Waals surface area contributed by atoms with E-state index in [2.05, 4.69) is 31.2 Å². The lowest BCUT2D eigenvalue weighted by molar-refractivity contribution is 0.251. The van der Waals surface area contributed by atoms with Crippen LogP contribution in [0, 0.1) is 11.8 Å². The van der Waals surface area contributed by atoms with Crippen molar-refractivity contribution in [3.8, 4) is 0 Å². The topological polar surface area (TPSA) is 26.0 Å². The molecule has 0 heterocycles. The van der Waals surface area contributed by atoms with E-state index in [-0.39, 0.29) is 0 Å². The number of nitrogens with two attached hydrogens (primary N) is 1. The molecule has 0 spiro atoms. The van der Waals surface area contributed by atoms with Crippen molar-refractivity contribution in [1.29, 1.82) is 0 Å². The maximum Gasteiger partial charge on any atom is -0.00430 e. The van der Waals surface area contributed by atoms with E-state index >= 15 is 0 Å². The Hall–Kier alpha value is -0.820. The Labute approximate surface area is 117 Å². The van der Waals surface area contributed by atoms with Gasteiger partial charge in [-0.1, -0.05) is 44.0 Å². The van der Waals surface area contributed by atoms with Crippen LogP contribution in [0.2, 0.25) is 0 Å². The summed E-state index contributed by atoms with van der Waals surface area (Å²) in [5.41, 5.74) is 9.33. The van der Waals surface area contributed by atoms with Gasteiger partial charge in [-0.3, -0.25) is 0 Å². The molecule has 0 aliphatic heterocycles. The van der Waals surface area contributed by atoms with Crippen molar-refractivity contribution < 1.29 is 0 Å². The SMILES string of the molecule is CC1CCC(CN)C(c2ccccc2C2CCC2)C1. The highest BCUT2D eigenvalue weighted by molar-refractivity contribution is 5.35. The van der Waals surface area contributed by atoms with Crippen molar-refractivity contribution in [3.63, 3.8) is 0 Å². The molecule has 104 valence electrons. The van der Waals surface area contributed by atoms with E-state index < -0.39 is 0 Å². The van der Waals surface area contributed by atoms with Gasteiger partial charge in [0.05, 0.1) is 0 Å². The van der Waals surface area contributed by atoms with Gasteiger partial charge in [0.1, 0.15) is 0 Å². The molecule has 19 heavy (non-hydrogen) atoms. The Balaban J connectivity index is 1.90. The molecular formula is C18H27N. The van der Waals surface area contributed by atoms with Gasteiger partial charge in [-0.05, 0) is 67.0 Å². The van der Waals surface area contributed by atoms with Crippen molar-refractivity contribution in [2.24, 2.45) is 17.6 Å². The second-order valence-corrected chi connectivity index (χ2v) is 6.78. The minimum absolute atomic E-state index is 0.706. The van der Waals surface area contributed by atoms with Crippen molar-refractivity contribution >= 4 is 0 Å². The molecule has 1 aromatic rings. The lowest BCUT2D eigenvalue weighted by Gasteiger charge is -2.38. The highest BCUT2D eigenvalue weighted by atomic mass is 14.6. The van der Waals surface area contributed by atoms with Crippen molar-refractivity contribution in [2.75, 3.05) is 6.54 Å². The summed E-state index contributed by atoms with van der Waals surface area (Å²) in [5, 5.41) is 0. The molecule has 2 N–H and O–H groups in total. The van der Waals surface area contributed by atoms with Crippen LogP contribution in [-0.2, 0) is 0 Å². The number of hydrogen-bond donors (Lipinski definition) is 1. The highest BCUT2D eigenvalue weighted by Crippen LogP contribution is 2.45. The molecule has 2 fully saturated rings. The predicted octanol–water partition coefficient (Wildman–Crippen LogP) is 4.43. The maximum atomic E-state index is 6.05.